The van der Waals surface area contributed by atoms with E-state index in [1.54, 1.807) is 41.9 Å². The molecule has 8 heterocycles. The lowest BCUT2D eigenvalue weighted by Gasteiger charge is -2.36. The molecule has 0 spiro atoms. The number of thioether (sulfide) groups is 1. The maximum atomic E-state index is 14.2. The van der Waals surface area contributed by atoms with Gasteiger partial charge in [0.1, 0.15) is 21.1 Å². The summed E-state index contributed by atoms with van der Waals surface area (Å²) in [7, 11) is -0.717. The molecule has 4 aliphatic rings. The highest BCUT2D eigenvalue weighted by molar-refractivity contribution is 8.26. The predicted molar refractivity (Wildman–Crippen MR) is 234 cm³/mol. The minimum Gasteiger partial charge on any atom is -0.400 e. The molecule has 6 unspecified atom stereocenters. The fraction of sp³-hybridized carbons (Fsp3) is 0.350. The third-order valence-corrected chi connectivity index (χ3v) is 18.6. The summed E-state index contributed by atoms with van der Waals surface area (Å²) in [5, 5.41) is 13.0. The van der Waals surface area contributed by atoms with Crippen LogP contribution in [0, 0.1) is 5.41 Å². The zero-order valence-corrected chi connectivity index (χ0v) is 35.8. The third kappa shape index (κ3) is 6.68. The number of fused-ring (bicyclic) bond motifs is 2. The van der Waals surface area contributed by atoms with Gasteiger partial charge < -0.3 is 26.0 Å². The first-order chi connectivity index (χ1) is 29.2. The molecule has 0 saturated heterocycles. The van der Waals surface area contributed by atoms with Crippen LogP contribution in [0.4, 0.5) is 11.6 Å². The summed E-state index contributed by atoms with van der Waals surface area (Å²) in [6, 6.07) is 5.72. The molecule has 308 valence electrons. The average molecular weight is 881 g/mol. The smallest absolute Gasteiger partial charge is 0.222 e. The summed E-state index contributed by atoms with van der Waals surface area (Å²) < 4.78 is 42.6. The number of anilines is 2. The number of aliphatic imine (C=N–C) groups is 1. The highest BCUT2D eigenvalue weighted by Crippen LogP contribution is 2.58. The van der Waals surface area contributed by atoms with E-state index in [-0.39, 0.29) is 22.5 Å². The number of hydrogen-bond acceptors (Lipinski definition) is 17. The van der Waals surface area contributed by atoms with Gasteiger partial charge in [0.2, 0.25) is 5.95 Å². The molecule has 6 aromatic rings. The molecule has 20 heteroatoms. The fourth-order valence-corrected chi connectivity index (χ4v) is 14.7. The van der Waals surface area contributed by atoms with Gasteiger partial charge in [0.15, 0.2) is 0 Å². The van der Waals surface area contributed by atoms with Crippen molar-refractivity contribution in [2.75, 3.05) is 24.2 Å². The van der Waals surface area contributed by atoms with Crippen molar-refractivity contribution in [3.05, 3.63) is 89.0 Å². The molecule has 0 amide bonds. The van der Waals surface area contributed by atoms with Crippen molar-refractivity contribution >= 4 is 77.3 Å². The second kappa shape index (κ2) is 15.7. The number of rotatable bonds is 13. The highest BCUT2D eigenvalue weighted by atomic mass is 32.2. The average Bonchev–Trinajstić information content (AvgIpc) is 4.04. The fourth-order valence-electron chi connectivity index (χ4n) is 7.89. The number of nitrogens with one attached hydrogen (secondary N) is 1. The SMILES string of the molecule is Cn1nccc1-c1cc(-c2cnc(NCCOC3CCC3S(=O)C3=C(N)C4(C)C(=NC(c5cncnc5)=CC4c4ccno4)S3)nc2)nc2sc(S(=O)C3CCC3)c(N)c12. The number of hydrogen-bond donors (Lipinski definition) is 3. The van der Waals surface area contributed by atoms with E-state index >= 15 is 0 Å². The van der Waals surface area contributed by atoms with E-state index in [4.69, 9.17) is 30.7 Å². The van der Waals surface area contributed by atoms with Gasteiger partial charge in [0.25, 0.3) is 0 Å². The lowest BCUT2D eigenvalue weighted by atomic mass is 9.72. The minimum atomic E-state index is -1.42. The Morgan fingerprint density at radius 1 is 1.03 bits per heavy atom. The van der Waals surface area contributed by atoms with E-state index in [0.717, 1.165) is 64.9 Å². The molecule has 6 aromatic heterocycles. The van der Waals surface area contributed by atoms with Gasteiger partial charge in [0, 0.05) is 83.7 Å². The van der Waals surface area contributed by atoms with Gasteiger partial charge in [-0.1, -0.05) is 23.3 Å². The molecule has 5 N–H and O–H groups in total. The first-order valence-electron chi connectivity index (χ1n) is 19.5. The quantitative estimate of drug-likeness (QED) is 0.113. The highest BCUT2D eigenvalue weighted by Gasteiger charge is 2.54. The maximum Gasteiger partial charge on any atom is 0.222 e. The Morgan fingerprint density at radius 2 is 1.85 bits per heavy atom. The molecule has 6 atom stereocenters. The van der Waals surface area contributed by atoms with E-state index in [1.807, 2.05) is 38.2 Å². The zero-order valence-electron chi connectivity index (χ0n) is 32.6. The molecule has 60 heavy (non-hydrogen) atoms. The first kappa shape index (κ1) is 39.0. The lowest BCUT2D eigenvalue weighted by molar-refractivity contribution is 0.0131. The number of aromatic nitrogens is 8. The minimum absolute atomic E-state index is 0.139. The molecule has 2 aliphatic heterocycles. The van der Waals surface area contributed by atoms with Crippen LogP contribution in [-0.4, -0.2) is 83.1 Å². The molecule has 2 saturated carbocycles. The molecule has 0 aromatic carbocycles. The number of allylic oxidation sites excluding steroid dienone is 2. The summed E-state index contributed by atoms with van der Waals surface area (Å²) in [5.41, 5.74) is 18.5. The van der Waals surface area contributed by atoms with E-state index < -0.39 is 27.0 Å². The second-order valence-electron chi connectivity index (χ2n) is 15.3. The van der Waals surface area contributed by atoms with Gasteiger partial charge in [-0.15, -0.1) is 11.3 Å². The van der Waals surface area contributed by atoms with E-state index in [0.29, 0.717) is 60.9 Å². The standard InChI is InChI=1S/C40H40N12O4S4/c1-40-25(29-9-11-49-56-29)15-27(21-16-43-20-44-17-21)51-38(40)58-37(34(40)42)60(54)31-7-6-30(31)55-13-12-45-39-46-18-22(19-47-39)26-14-24(28-8-10-48-52(28)2)32-33(41)36(57-35(32)50-26)59(53)23-4-3-5-23/h8-11,14-20,23,25,30-31H,3-7,12-13,41-42H2,1-2H3,(H,45,46,47). The Labute approximate surface area is 357 Å². The van der Waals surface area contributed by atoms with Crippen LogP contribution in [0.25, 0.3) is 38.4 Å². The topological polar surface area (TPSA) is 228 Å². The lowest BCUT2D eigenvalue weighted by Crippen LogP contribution is -2.43. The van der Waals surface area contributed by atoms with E-state index in [1.165, 1.54) is 29.4 Å². The van der Waals surface area contributed by atoms with Crippen molar-refractivity contribution in [3.8, 4) is 22.5 Å². The zero-order chi connectivity index (χ0) is 41.1. The van der Waals surface area contributed by atoms with Gasteiger partial charge >= 0.3 is 0 Å². The Balaban J connectivity index is 0.802. The monoisotopic (exact) mass is 880 g/mol. The Bertz CT molecular complexity index is 2750. The van der Waals surface area contributed by atoms with E-state index in [2.05, 4.69) is 35.5 Å². The Kier molecular flexibility index (Phi) is 10.2. The summed E-state index contributed by atoms with van der Waals surface area (Å²) in [5.74, 6) is 0.749. The summed E-state index contributed by atoms with van der Waals surface area (Å²) >= 11 is 2.77. The number of thiophene rings is 1. The Hall–Kier alpha value is -5.15. The van der Waals surface area contributed by atoms with Crippen LogP contribution in [0.3, 0.4) is 0 Å². The molecule has 10 rings (SSSR count). The van der Waals surface area contributed by atoms with E-state index in [9.17, 15) is 8.42 Å². The number of aryl methyl sites for hydroxylation is 1. The van der Waals surface area contributed by atoms with Gasteiger partial charge in [-0.25, -0.2) is 29.9 Å². The number of nitrogens with zero attached hydrogens (tertiary/aromatic N) is 9. The summed E-state index contributed by atoms with van der Waals surface area (Å²) in [6.07, 6.45) is 18.0. The summed E-state index contributed by atoms with van der Waals surface area (Å²) in [4.78, 5) is 28.1. The van der Waals surface area contributed by atoms with Crippen molar-refractivity contribution in [1.29, 1.82) is 0 Å². The van der Waals surface area contributed by atoms with Gasteiger partial charge in [-0.05, 0) is 50.8 Å². The molecular formula is C40H40N12O4S4. The van der Waals surface area contributed by atoms with Crippen LogP contribution in [0.5, 0.6) is 0 Å². The number of nitrogens with two attached hydrogens (primary N) is 2. The van der Waals surface area contributed by atoms with Crippen molar-refractivity contribution in [1.82, 2.24) is 39.9 Å². The van der Waals surface area contributed by atoms with Crippen molar-refractivity contribution in [2.24, 2.45) is 23.2 Å². The molecule has 0 radical (unpaired) electrons. The van der Waals surface area contributed by atoms with Crippen molar-refractivity contribution < 1.29 is 17.7 Å². The molecule has 16 nitrogen and oxygen atoms in total. The Morgan fingerprint density at radius 3 is 2.53 bits per heavy atom. The number of nitrogen functional groups attached to an aromatic ring is 1. The normalized spacial score (nSPS) is 23.7. The van der Waals surface area contributed by atoms with Crippen LogP contribution in [0.2, 0.25) is 0 Å². The second-order valence-corrected chi connectivity index (χ2v) is 21.1. The van der Waals surface area contributed by atoms with Crippen LogP contribution >= 0.6 is 23.1 Å². The van der Waals surface area contributed by atoms with Crippen LogP contribution < -0.4 is 16.8 Å². The number of ether oxygens (including phenoxy) is 1. The summed E-state index contributed by atoms with van der Waals surface area (Å²) in [6.45, 7) is 2.83. The largest absolute Gasteiger partial charge is 0.400 e. The first-order valence-corrected chi connectivity index (χ1v) is 23.6. The molecule has 2 aliphatic carbocycles. The maximum absolute atomic E-state index is 14.2. The van der Waals surface area contributed by atoms with Crippen LogP contribution in [-0.2, 0) is 33.4 Å². The molecule has 0 bridgehead atoms. The van der Waals surface area contributed by atoms with Gasteiger partial charge in [-0.2, -0.15) is 5.10 Å². The van der Waals surface area contributed by atoms with Gasteiger partial charge in [-0.3, -0.25) is 13.1 Å². The van der Waals surface area contributed by atoms with Crippen LogP contribution in [0.15, 0.2) is 91.4 Å². The third-order valence-electron chi connectivity index (χ3n) is 11.8. The van der Waals surface area contributed by atoms with Crippen LogP contribution in [0.1, 0.15) is 56.3 Å². The molecule has 2 fully saturated rings. The molecular weight excluding hydrogens is 841 g/mol. The number of pyridine rings is 1. The van der Waals surface area contributed by atoms with Crippen molar-refractivity contribution in [3.63, 3.8) is 0 Å². The van der Waals surface area contributed by atoms with Crippen molar-refractivity contribution in [2.45, 2.75) is 65.8 Å². The predicted octanol–water partition coefficient (Wildman–Crippen LogP) is 6.00. The van der Waals surface area contributed by atoms with Gasteiger partial charge in [0.05, 0.1) is 89.1 Å².